The second-order valence-corrected chi connectivity index (χ2v) is 6.63. The van der Waals surface area contributed by atoms with Gasteiger partial charge in [0.05, 0.1) is 0 Å². The third kappa shape index (κ3) is 2.59. The molecular weight excluding hydrogens is 288 g/mol. The molecule has 1 atom stereocenters. The Morgan fingerprint density at radius 1 is 1.00 bits per heavy atom. The van der Waals surface area contributed by atoms with Gasteiger partial charge in [0.15, 0.2) is 0 Å². The molecule has 2 aromatic rings. The lowest BCUT2D eigenvalue weighted by Gasteiger charge is -2.15. The highest BCUT2D eigenvalue weighted by Crippen LogP contribution is 2.50. The molecule has 0 radical (unpaired) electrons. The average Bonchev–Trinajstić information content (AvgIpc) is 3.17. The maximum atomic E-state index is 4.43. The average molecular weight is 310 g/mol. The van der Waals surface area contributed by atoms with Crippen molar-refractivity contribution >= 4 is 11.6 Å². The van der Waals surface area contributed by atoms with Crippen LogP contribution in [0.25, 0.3) is 11.6 Å². The molecule has 0 saturated heterocycles. The summed E-state index contributed by atoms with van der Waals surface area (Å²) >= 11 is 0. The van der Waals surface area contributed by atoms with E-state index in [-0.39, 0.29) is 0 Å². The number of benzene rings is 2. The standard InChI is InChI=1S/C24H22/c1-3-18-9-11-20(12-10-18)23-14-13-21-16-22(17(2)24(21)23)15-19-7-5-4-6-8-19/h4-15,24H,2-3,16H2,1H3/b22-15+. The van der Waals surface area contributed by atoms with Gasteiger partial charge in [-0.2, -0.15) is 0 Å². The molecule has 2 aliphatic carbocycles. The smallest absolute Gasteiger partial charge is 0.0308 e. The number of fused-ring (bicyclic) bond motifs is 1. The predicted octanol–water partition coefficient (Wildman–Crippen LogP) is 6.23. The third-order valence-electron chi connectivity index (χ3n) is 5.15. The Bertz CT molecular complexity index is 858. The van der Waals surface area contributed by atoms with E-state index >= 15 is 0 Å². The Labute approximate surface area is 144 Å². The molecule has 0 N–H and O–H groups in total. The highest BCUT2D eigenvalue weighted by molar-refractivity contribution is 5.82. The van der Waals surface area contributed by atoms with Gasteiger partial charge in [-0.3, -0.25) is 0 Å². The van der Waals surface area contributed by atoms with Crippen molar-refractivity contribution in [2.75, 3.05) is 0 Å². The molecule has 0 amide bonds. The summed E-state index contributed by atoms with van der Waals surface area (Å²) in [5, 5.41) is 0. The second kappa shape index (κ2) is 6.13. The van der Waals surface area contributed by atoms with Gasteiger partial charge in [0.1, 0.15) is 0 Å². The Balaban J connectivity index is 1.62. The molecule has 0 nitrogen and oxygen atoms in total. The van der Waals surface area contributed by atoms with Gasteiger partial charge in [-0.25, -0.2) is 0 Å². The lowest BCUT2D eigenvalue weighted by atomic mass is 9.89. The summed E-state index contributed by atoms with van der Waals surface area (Å²) in [4.78, 5) is 0. The first-order valence-electron chi connectivity index (χ1n) is 8.71. The lowest BCUT2D eigenvalue weighted by molar-refractivity contribution is 1.01. The second-order valence-electron chi connectivity index (χ2n) is 6.63. The monoisotopic (exact) mass is 310 g/mol. The first-order chi connectivity index (χ1) is 11.8. The van der Waals surface area contributed by atoms with Crippen molar-refractivity contribution < 1.29 is 0 Å². The molecule has 2 aromatic carbocycles. The van der Waals surface area contributed by atoms with Crippen molar-refractivity contribution in [3.63, 3.8) is 0 Å². The van der Waals surface area contributed by atoms with Gasteiger partial charge < -0.3 is 0 Å². The van der Waals surface area contributed by atoms with E-state index in [9.17, 15) is 0 Å². The summed E-state index contributed by atoms with van der Waals surface area (Å²) in [7, 11) is 0. The first-order valence-corrected chi connectivity index (χ1v) is 8.71. The Kier molecular flexibility index (Phi) is 3.82. The van der Waals surface area contributed by atoms with Gasteiger partial charge >= 0.3 is 0 Å². The van der Waals surface area contributed by atoms with E-state index in [1.54, 1.807) is 0 Å². The van der Waals surface area contributed by atoms with Crippen molar-refractivity contribution in [3.05, 3.63) is 107 Å². The van der Waals surface area contributed by atoms with E-state index in [0.717, 1.165) is 12.8 Å². The normalized spacial score (nSPS) is 21.0. The molecule has 0 spiro atoms. The summed E-state index contributed by atoms with van der Waals surface area (Å²) in [6, 6.07) is 19.5. The van der Waals surface area contributed by atoms with E-state index in [1.165, 1.54) is 39.0 Å². The summed E-state index contributed by atoms with van der Waals surface area (Å²) in [5.41, 5.74) is 9.48. The van der Waals surface area contributed by atoms with Crippen LogP contribution in [-0.4, -0.2) is 0 Å². The van der Waals surface area contributed by atoms with Crippen LogP contribution in [0.4, 0.5) is 0 Å². The highest BCUT2D eigenvalue weighted by Gasteiger charge is 2.34. The van der Waals surface area contributed by atoms with E-state index in [0.29, 0.717) is 5.92 Å². The fourth-order valence-corrected chi connectivity index (χ4v) is 3.77. The van der Waals surface area contributed by atoms with Crippen LogP contribution in [0.5, 0.6) is 0 Å². The fourth-order valence-electron chi connectivity index (χ4n) is 3.77. The van der Waals surface area contributed by atoms with E-state index in [4.69, 9.17) is 0 Å². The largest absolute Gasteiger partial charge is 0.0946 e. The zero-order valence-corrected chi connectivity index (χ0v) is 14.1. The molecule has 1 unspecified atom stereocenters. The number of aryl methyl sites for hydroxylation is 1. The van der Waals surface area contributed by atoms with Crippen LogP contribution < -0.4 is 0 Å². The van der Waals surface area contributed by atoms with E-state index in [2.05, 4.69) is 86.3 Å². The maximum Gasteiger partial charge on any atom is 0.0308 e. The molecule has 24 heavy (non-hydrogen) atoms. The molecular formula is C24H22. The highest BCUT2D eigenvalue weighted by atomic mass is 14.4. The number of hydrogen-bond acceptors (Lipinski definition) is 0. The molecule has 0 heteroatoms. The quantitative estimate of drug-likeness (QED) is 0.630. The zero-order valence-electron chi connectivity index (χ0n) is 14.1. The van der Waals surface area contributed by atoms with Gasteiger partial charge in [-0.1, -0.05) is 91.9 Å². The number of rotatable bonds is 3. The summed E-state index contributed by atoms with van der Waals surface area (Å²) in [6.07, 6.45) is 8.98. The summed E-state index contributed by atoms with van der Waals surface area (Å²) in [5.74, 6) is 0.368. The SMILES string of the molecule is C=C1/C(=C/c2ccccc2)CC2=CC=C(c3ccc(CC)cc3)C12. The minimum absolute atomic E-state index is 0.368. The van der Waals surface area contributed by atoms with Crippen LogP contribution in [-0.2, 0) is 6.42 Å². The predicted molar refractivity (Wildman–Crippen MR) is 104 cm³/mol. The minimum Gasteiger partial charge on any atom is -0.0946 e. The molecule has 118 valence electrons. The van der Waals surface area contributed by atoms with Crippen molar-refractivity contribution in [1.29, 1.82) is 0 Å². The van der Waals surface area contributed by atoms with E-state index in [1.807, 2.05) is 0 Å². The fraction of sp³-hybridized carbons (Fsp3) is 0.167. The van der Waals surface area contributed by atoms with Crippen LogP contribution in [0, 0.1) is 5.92 Å². The summed E-state index contributed by atoms with van der Waals surface area (Å²) in [6.45, 7) is 6.63. The van der Waals surface area contributed by atoms with Crippen LogP contribution >= 0.6 is 0 Å². The third-order valence-corrected chi connectivity index (χ3v) is 5.15. The Morgan fingerprint density at radius 3 is 2.46 bits per heavy atom. The first kappa shape index (κ1) is 15.0. The number of hydrogen-bond donors (Lipinski definition) is 0. The Hall–Kier alpha value is -2.60. The molecule has 0 aliphatic heterocycles. The van der Waals surface area contributed by atoms with Crippen LogP contribution in [0.2, 0.25) is 0 Å². The lowest BCUT2D eigenvalue weighted by Crippen LogP contribution is -2.00. The Morgan fingerprint density at radius 2 is 1.75 bits per heavy atom. The van der Waals surface area contributed by atoms with Crippen molar-refractivity contribution in [2.45, 2.75) is 19.8 Å². The number of allylic oxidation sites excluding steroid dienone is 6. The minimum atomic E-state index is 0.368. The van der Waals surface area contributed by atoms with Gasteiger partial charge in [0, 0.05) is 5.92 Å². The van der Waals surface area contributed by atoms with Gasteiger partial charge in [0.25, 0.3) is 0 Å². The van der Waals surface area contributed by atoms with Crippen molar-refractivity contribution in [3.8, 4) is 0 Å². The van der Waals surface area contributed by atoms with Gasteiger partial charge in [-0.15, -0.1) is 0 Å². The van der Waals surface area contributed by atoms with Gasteiger partial charge in [0.2, 0.25) is 0 Å². The van der Waals surface area contributed by atoms with Crippen LogP contribution in [0.15, 0.2) is 90.0 Å². The molecule has 1 saturated carbocycles. The van der Waals surface area contributed by atoms with Crippen LogP contribution in [0.3, 0.4) is 0 Å². The van der Waals surface area contributed by atoms with E-state index < -0.39 is 0 Å². The topological polar surface area (TPSA) is 0 Å². The molecule has 0 aromatic heterocycles. The molecule has 2 aliphatic rings. The van der Waals surface area contributed by atoms with Gasteiger partial charge in [-0.05, 0) is 46.3 Å². The summed E-state index contributed by atoms with van der Waals surface area (Å²) < 4.78 is 0. The molecule has 0 heterocycles. The zero-order chi connectivity index (χ0) is 16.5. The van der Waals surface area contributed by atoms with Crippen molar-refractivity contribution in [1.82, 2.24) is 0 Å². The maximum absolute atomic E-state index is 4.43. The molecule has 0 bridgehead atoms. The molecule has 4 rings (SSSR count). The molecule has 1 fully saturated rings. The van der Waals surface area contributed by atoms with Crippen LogP contribution in [0.1, 0.15) is 30.0 Å². The van der Waals surface area contributed by atoms with Crippen molar-refractivity contribution in [2.24, 2.45) is 5.92 Å².